The van der Waals surface area contributed by atoms with Crippen molar-refractivity contribution in [2.75, 3.05) is 0 Å². The predicted molar refractivity (Wildman–Crippen MR) is 67.8 cm³/mol. The minimum Gasteiger partial charge on any atom is -0.719 e. The van der Waals surface area contributed by atoms with Gasteiger partial charge >= 0.3 is 118 Å². The van der Waals surface area contributed by atoms with Crippen LogP contribution in [0.3, 0.4) is 0 Å². The Morgan fingerprint density at radius 2 is 0.450 bits per heavy atom. The summed E-state index contributed by atoms with van der Waals surface area (Å²) in [6.07, 6.45) is 0. The van der Waals surface area contributed by atoms with Crippen molar-refractivity contribution in [3.63, 3.8) is 0 Å². The van der Waals surface area contributed by atoms with Gasteiger partial charge in [-0.2, -0.15) is 0 Å². The first-order valence-corrected chi connectivity index (χ1v) is 4.42. The molecule has 0 saturated heterocycles. The molecule has 0 aromatic carbocycles. The first-order valence-electron chi connectivity index (χ1n) is 2.79. The average Bonchev–Trinajstić information content (AvgIpc) is 1.76. The standard InChI is InChI=1S/4CH3NOS.4Na/c4*2-1(3)4;;;;/h4*(H3,2,3,4);;;;/q;;;;4*+1/p-4. The van der Waals surface area contributed by atoms with Gasteiger partial charge in [0.05, 0.1) is 21.0 Å². The maximum absolute atomic E-state index is 9.04. The molecule has 96 valence electrons. The van der Waals surface area contributed by atoms with E-state index in [1.165, 1.54) is 0 Å². The fourth-order valence-corrected chi connectivity index (χ4v) is 0. The molecule has 0 saturated carbocycles. The number of carbonyl (C=O) groups excluding carboxylic acids is 4. The molecule has 0 aliphatic rings. The van der Waals surface area contributed by atoms with Gasteiger partial charge in [0.2, 0.25) is 0 Å². The second kappa shape index (κ2) is 43.0. The Hall–Kier alpha value is 2.76. The minimum atomic E-state index is -0.750. The summed E-state index contributed by atoms with van der Waals surface area (Å²) in [5.74, 6) is 0. The Labute approximate surface area is 227 Å². The van der Waals surface area contributed by atoms with Gasteiger partial charge in [-0.1, -0.05) is 0 Å². The van der Waals surface area contributed by atoms with Gasteiger partial charge in [-0.3, -0.25) is 0 Å². The van der Waals surface area contributed by atoms with Crippen LogP contribution in [-0.4, -0.2) is 21.0 Å². The average molecular weight is 396 g/mol. The molecule has 0 bridgehead atoms. The van der Waals surface area contributed by atoms with E-state index in [0.29, 0.717) is 0 Å². The van der Waals surface area contributed by atoms with Crippen molar-refractivity contribution in [3.05, 3.63) is 0 Å². The van der Waals surface area contributed by atoms with Gasteiger partial charge < -0.3 is 92.6 Å². The Morgan fingerprint density at radius 3 is 0.450 bits per heavy atom. The molecule has 4 amide bonds. The molecule has 0 aromatic rings. The molecular formula is C4H8N4Na4O4S4. The van der Waals surface area contributed by atoms with Crippen LogP contribution in [0.2, 0.25) is 0 Å². The topological polar surface area (TPSA) is 172 Å². The van der Waals surface area contributed by atoms with E-state index in [-0.39, 0.29) is 118 Å². The van der Waals surface area contributed by atoms with E-state index < -0.39 is 21.0 Å². The Balaban J connectivity index is -0.0000000150. The van der Waals surface area contributed by atoms with Gasteiger partial charge in [0.25, 0.3) is 0 Å². The Kier molecular flexibility index (Phi) is 106. The molecule has 8 N–H and O–H groups in total. The summed E-state index contributed by atoms with van der Waals surface area (Å²) in [4.78, 5) is 36.1. The van der Waals surface area contributed by atoms with Crippen molar-refractivity contribution in [2.45, 2.75) is 0 Å². The molecule has 0 unspecified atom stereocenters. The minimum absolute atomic E-state index is 0. The molecule has 0 rings (SSSR count). The SMILES string of the molecule is NC(=O)[S-].NC(=O)[S-].NC(=O)[S-].NC(=O)[S-].[Na+].[Na+].[Na+].[Na+]. The van der Waals surface area contributed by atoms with E-state index in [1.807, 2.05) is 0 Å². The first-order chi connectivity index (χ1) is 6.93. The summed E-state index contributed by atoms with van der Waals surface area (Å²) < 4.78 is 0. The fraction of sp³-hybridized carbons (Fsp3) is 0. The molecule has 20 heavy (non-hydrogen) atoms. The second-order valence-electron chi connectivity index (χ2n) is 1.28. The Morgan fingerprint density at radius 1 is 0.450 bits per heavy atom. The normalized spacial score (nSPS) is 4.80. The number of primary amides is 4. The van der Waals surface area contributed by atoms with E-state index in [0.717, 1.165) is 0 Å². The van der Waals surface area contributed by atoms with Crippen LogP contribution in [0.25, 0.3) is 0 Å². The van der Waals surface area contributed by atoms with Crippen molar-refractivity contribution in [1.29, 1.82) is 0 Å². The van der Waals surface area contributed by atoms with Crippen LogP contribution in [0.15, 0.2) is 0 Å². The Bertz CT molecular complexity index is 187. The number of amides is 4. The van der Waals surface area contributed by atoms with E-state index in [9.17, 15) is 0 Å². The van der Waals surface area contributed by atoms with Gasteiger partial charge in [0.15, 0.2) is 0 Å². The van der Waals surface area contributed by atoms with Crippen LogP contribution in [0.5, 0.6) is 0 Å². The maximum Gasteiger partial charge on any atom is 1.00 e. The third-order valence-electron chi connectivity index (χ3n) is 0. The van der Waals surface area contributed by atoms with Gasteiger partial charge in [0, 0.05) is 0 Å². The number of carbonyl (C=O) groups is 4. The smallest absolute Gasteiger partial charge is 0.719 e. The van der Waals surface area contributed by atoms with Crippen LogP contribution in [0.1, 0.15) is 0 Å². The van der Waals surface area contributed by atoms with Crippen molar-refractivity contribution in [2.24, 2.45) is 22.9 Å². The number of hydrogen-bond acceptors (Lipinski definition) is 8. The number of hydrogen-bond donors (Lipinski definition) is 4. The second-order valence-corrected chi connectivity index (χ2v) is 2.89. The van der Waals surface area contributed by atoms with Gasteiger partial charge in [-0.05, 0) is 0 Å². The van der Waals surface area contributed by atoms with Crippen LogP contribution in [-0.2, 0) is 50.5 Å². The van der Waals surface area contributed by atoms with Crippen LogP contribution in [0.4, 0.5) is 19.2 Å². The zero-order valence-corrected chi connectivity index (χ0v) is 22.8. The molecule has 0 aliphatic heterocycles. The summed E-state index contributed by atoms with van der Waals surface area (Å²) in [5, 5.41) is -3.00. The van der Waals surface area contributed by atoms with Crippen molar-refractivity contribution >= 4 is 71.5 Å². The third-order valence-corrected chi connectivity index (χ3v) is 0. The summed E-state index contributed by atoms with van der Waals surface area (Å²) >= 11 is 15.0. The van der Waals surface area contributed by atoms with Crippen molar-refractivity contribution in [1.82, 2.24) is 0 Å². The molecule has 0 radical (unpaired) electrons. The summed E-state index contributed by atoms with van der Waals surface area (Å²) in [6.45, 7) is 0. The molecule has 0 aromatic heterocycles. The molecule has 0 atom stereocenters. The molecular weight excluding hydrogens is 388 g/mol. The zero-order chi connectivity index (χ0) is 14.3. The van der Waals surface area contributed by atoms with Gasteiger partial charge in [-0.15, -0.1) is 0 Å². The molecule has 0 heterocycles. The largest absolute Gasteiger partial charge is 1.00 e. The molecule has 8 nitrogen and oxygen atoms in total. The van der Waals surface area contributed by atoms with Crippen LogP contribution in [0, 0.1) is 0 Å². The van der Waals surface area contributed by atoms with Crippen molar-refractivity contribution < 1.29 is 137 Å². The monoisotopic (exact) mass is 396 g/mol. The van der Waals surface area contributed by atoms with E-state index in [1.54, 1.807) is 0 Å². The number of rotatable bonds is 0. The van der Waals surface area contributed by atoms with Crippen molar-refractivity contribution in [3.8, 4) is 0 Å². The summed E-state index contributed by atoms with van der Waals surface area (Å²) in [6, 6.07) is 0. The molecule has 16 heteroatoms. The van der Waals surface area contributed by atoms with E-state index in [2.05, 4.69) is 73.4 Å². The maximum atomic E-state index is 9.04. The van der Waals surface area contributed by atoms with Gasteiger partial charge in [-0.25, -0.2) is 0 Å². The summed E-state index contributed by atoms with van der Waals surface area (Å²) in [5.41, 5.74) is 17.1. The third kappa shape index (κ3) is 1060. The molecule has 0 fully saturated rings. The van der Waals surface area contributed by atoms with Gasteiger partial charge in [0.1, 0.15) is 0 Å². The summed E-state index contributed by atoms with van der Waals surface area (Å²) in [7, 11) is 0. The first kappa shape index (κ1) is 49.5. The molecule has 0 spiro atoms. The number of nitrogens with two attached hydrogens (primary N) is 4. The molecule has 0 aliphatic carbocycles. The van der Waals surface area contributed by atoms with Crippen LogP contribution < -0.4 is 141 Å². The predicted octanol–water partition coefficient (Wildman–Crippen LogP) is -13.5. The van der Waals surface area contributed by atoms with E-state index in [4.69, 9.17) is 19.2 Å². The van der Waals surface area contributed by atoms with Crippen LogP contribution >= 0.6 is 0 Å². The fourth-order valence-electron chi connectivity index (χ4n) is 0. The zero-order valence-electron chi connectivity index (χ0n) is 11.6. The van der Waals surface area contributed by atoms with E-state index >= 15 is 0 Å². The quantitative estimate of drug-likeness (QED) is 0.231.